The van der Waals surface area contributed by atoms with E-state index in [4.69, 9.17) is 30.3 Å². The Hall–Kier alpha value is 0.0883. The van der Waals surface area contributed by atoms with Gasteiger partial charge in [0.1, 0.15) is 0 Å². The first-order valence-electron chi connectivity index (χ1n) is 3.06. The van der Waals surface area contributed by atoms with Crippen LogP contribution in [0, 0.1) is 6.92 Å². The number of anilines is 2. The summed E-state index contributed by atoms with van der Waals surface area (Å²) in [6.07, 6.45) is 0. The molecule has 0 bridgehead atoms. The van der Waals surface area contributed by atoms with Crippen LogP contribution in [0.15, 0.2) is 18.2 Å². The average molecular weight is 388 g/mol. The van der Waals surface area contributed by atoms with Crippen LogP contribution in [0.1, 0.15) is 5.56 Å². The van der Waals surface area contributed by atoms with Crippen molar-refractivity contribution in [3.63, 3.8) is 0 Å². The SMILES string of the molecule is Cc1cccc(N)c1N.[Cl][Pt][Cl]. The van der Waals surface area contributed by atoms with Crippen molar-refractivity contribution in [1.29, 1.82) is 0 Å². The van der Waals surface area contributed by atoms with E-state index in [9.17, 15) is 0 Å². The van der Waals surface area contributed by atoms with Gasteiger partial charge in [-0.1, -0.05) is 12.1 Å². The van der Waals surface area contributed by atoms with E-state index in [0.717, 1.165) is 5.56 Å². The first-order chi connectivity index (χ1) is 5.63. The Balaban J connectivity index is 0.000000354. The fraction of sp³-hybridized carbons (Fsp3) is 0.143. The van der Waals surface area contributed by atoms with Crippen molar-refractivity contribution in [2.75, 3.05) is 11.5 Å². The van der Waals surface area contributed by atoms with E-state index in [0.29, 0.717) is 11.4 Å². The van der Waals surface area contributed by atoms with Gasteiger partial charge in [-0.15, -0.1) is 0 Å². The molecule has 5 heteroatoms. The number of hydrogen-bond donors (Lipinski definition) is 2. The van der Waals surface area contributed by atoms with Crippen LogP contribution >= 0.6 is 18.8 Å². The van der Waals surface area contributed by atoms with E-state index >= 15 is 0 Å². The number of rotatable bonds is 0. The van der Waals surface area contributed by atoms with Crippen LogP contribution in [0.5, 0.6) is 0 Å². The van der Waals surface area contributed by atoms with Crippen molar-refractivity contribution in [1.82, 2.24) is 0 Å². The molecule has 12 heavy (non-hydrogen) atoms. The number of benzene rings is 1. The van der Waals surface area contributed by atoms with Crippen molar-refractivity contribution in [3.8, 4) is 0 Å². The molecule has 2 nitrogen and oxygen atoms in total. The topological polar surface area (TPSA) is 52.0 Å². The molecule has 0 heterocycles. The monoisotopic (exact) mass is 387 g/mol. The summed E-state index contributed by atoms with van der Waals surface area (Å²) in [5.41, 5.74) is 13.4. The molecule has 0 atom stereocenters. The second kappa shape index (κ2) is 6.59. The number of nitrogens with two attached hydrogens (primary N) is 2. The third kappa shape index (κ3) is 4.20. The Bertz CT molecular complexity index is 223. The summed E-state index contributed by atoms with van der Waals surface area (Å²) in [6.45, 7) is 1.94. The first-order valence-corrected chi connectivity index (χ1v) is 8.69. The summed E-state index contributed by atoms with van der Waals surface area (Å²) < 4.78 is 0. The molecule has 72 valence electrons. The van der Waals surface area contributed by atoms with Gasteiger partial charge in [-0.05, 0) is 18.6 Å². The zero-order valence-corrected chi connectivity index (χ0v) is 10.2. The number of hydrogen-bond acceptors (Lipinski definition) is 2. The van der Waals surface area contributed by atoms with Gasteiger partial charge in [-0.3, -0.25) is 0 Å². The number of para-hydroxylation sites is 1. The van der Waals surface area contributed by atoms with Gasteiger partial charge < -0.3 is 11.5 Å². The summed E-state index contributed by atoms with van der Waals surface area (Å²) in [7, 11) is 9.75. The van der Waals surface area contributed by atoms with Crippen molar-refractivity contribution >= 4 is 30.2 Å². The van der Waals surface area contributed by atoms with Crippen LogP contribution in [-0.2, 0) is 16.5 Å². The van der Waals surface area contributed by atoms with E-state index in [2.05, 4.69) is 0 Å². The third-order valence-corrected chi connectivity index (χ3v) is 1.36. The molecule has 0 aromatic heterocycles. The zero-order chi connectivity index (χ0) is 9.56. The molecule has 1 rings (SSSR count). The first kappa shape index (κ1) is 12.1. The van der Waals surface area contributed by atoms with Crippen molar-refractivity contribution in [2.45, 2.75) is 6.92 Å². The molecular formula is C7H10Cl2N2Pt. The molecule has 0 saturated carbocycles. The Kier molecular flexibility index (Phi) is 6.64. The number of nitrogen functional groups attached to an aromatic ring is 2. The maximum absolute atomic E-state index is 5.56. The van der Waals surface area contributed by atoms with E-state index in [-0.39, 0.29) is 0 Å². The van der Waals surface area contributed by atoms with Crippen LogP contribution in [0.25, 0.3) is 0 Å². The molecule has 0 amide bonds. The van der Waals surface area contributed by atoms with Gasteiger partial charge in [-0.25, -0.2) is 0 Å². The predicted octanol–water partition coefficient (Wildman–Crippen LogP) is 2.54. The van der Waals surface area contributed by atoms with E-state index in [1.807, 2.05) is 19.1 Å². The molecule has 4 N–H and O–H groups in total. The molecule has 0 saturated heterocycles. The van der Waals surface area contributed by atoms with E-state index < -0.39 is 16.5 Å². The van der Waals surface area contributed by atoms with Gasteiger partial charge >= 0.3 is 35.3 Å². The molecule has 0 unspecified atom stereocenters. The molecule has 0 aliphatic carbocycles. The predicted molar refractivity (Wildman–Crippen MR) is 51.7 cm³/mol. The van der Waals surface area contributed by atoms with Crippen LogP contribution < -0.4 is 11.5 Å². The third-order valence-electron chi connectivity index (χ3n) is 1.36. The van der Waals surface area contributed by atoms with Crippen LogP contribution in [0.2, 0.25) is 0 Å². The zero-order valence-electron chi connectivity index (χ0n) is 6.46. The summed E-state index contributed by atoms with van der Waals surface area (Å²) in [5, 5.41) is 0. The van der Waals surface area contributed by atoms with Crippen LogP contribution in [0.3, 0.4) is 0 Å². The minimum atomic E-state index is -0.472. The van der Waals surface area contributed by atoms with Crippen molar-refractivity contribution < 1.29 is 16.5 Å². The molecule has 0 aliphatic heterocycles. The van der Waals surface area contributed by atoms with Gasteiger partial charge in [0.25, 0.3) is 0 Å². The summed E-state index contributed by atoms with van der Waals surface area (Å²) >= 11 is -0.472. The summed E-state index contributed by atoms with van der Waals surface area (Å²) in [4.78, 5) is 0. The standard InChI is InChI=1S/C7H10N2.2ClH.Pt/c1-5-3-2-4-6(8)7(5)9;;;/h2-4H,8-9H2,1H3;2*1H;/q;;;+2/p-2. The average Bonchev–Trinajstić information content (AvgIpc) is 2.02. The Morgan fingerprint density at radius 3 is 2.08 bits per heavy atom. The van der Waals surface area contributed by atoms with Gasteiger partial charge in [0.05, 0.1) is 11.4 Å². The summed E-state index contributed by atoms with van der Waals surface area (Å²) in [5.74, 6) is 0. The van der Waals surface area contributed by atoms with Crippen LogP contribution in [0.4, 0.5) is 11.4 Å². The molecule has 0 spiro atoms. The van der Waals surface area contributed by atoms with Crippen molar-refractivity contribution in [2.24, 2.45) is 0 Å². The van der Waals surface area contributed by atoms with Crippen molar-refractivity contribution in [3.05, 3.63) is 23.8 Å². The second-order valence-electron chi connectivity index (χ2n) is 2.12. The van der Waals surface area contributed by atoms with Gasteiger partial charge in [0.2, 0.25) is 0 Å². The van der Waals surface area contributed by atoms with E-state index in [1.54, 1.807) is 6.07 Å². The fourth-order valence-corrected chi connectivity index (χ4v) is 0.703. The van der Waals surface area contributed by atoms with Gasteiger partial charge in [-0.2, -0.15) is 0 Å². The normalized spacial score (nSPS) is 8.92. The van der Waals surface area contributed by atoms with Crippen LogP contribution in [-0.4, -0.2) is 0 Å². The molecule has 1 aromatic carbocycles. The molecule has 0 radical (unpaired) electrons. The van der Waals surface area contributed by atoms with E-state index in [1.165, 1.54) is 0 Å². The maximum atomic E-state index is 5.56. The second-order valence-corrected chi connectivity index (χ2v) is 5.41. The molecule has 1 aromatic rings. The van der Waals surface area contributed by atoms with Gasteiger partial charge in [0, 0.05) is 0 Å². The molecule has 0 aliphatic rings. The fourth-order valence-electron chi connectivity index (χ4n) is 0.703. The van der Waals surface area contributed by atoms with Gasteiger partial charge in [0.15, 0.2) is 0 Å². The Morgan fingerprint density at radius 1 is 1.25 bits per heavy atom. The Labute approximate surface area is 88.6 Å². The molecular weight excluding hydrogens is 378 g/mol. The summed E-state index contributed by atoms with van der Waals surface area (Å²) in [6, 6.07) is 5.62. The quantitative estimate of drug-likeness (QED) is 0.672. The number of halogens is 2. The Morgan fingerprint density at radius 2 is 1.75 bits per heavy atom. The minimum absolute atomic E-state index is 0.472. The molecule has 0 fully saturated rings. The number of aryl methyl sites for hydroxylation is 1.